The summed E-state index contributed by atoms with van der Waals surface area (Å²) in [6, 6.07) is 8.16. The van der Waals surface area contributed by atoms with Crippen LogP contribution in [0.4, 0.5) is 0 Å². The molecule has 28 heavy (non-hydrogen) atoms. The molecule has 1 rings (SSSR count). The van der Waals surface area contributed by atoms with E-state index in [9.17, 15) is 13.2 Å². The lowest BCUT2D eigenvalue weighted by molar-refractivity contribution is -0.122. The predicted molar refractivity (Wildman–Crippen MR) is 116 cm³/mol. The molecule has 0 aliphatic rings. The fourth-order valence-corrected chi connectivity index (χ4v) is 4.53. The van der Waals surface area contributed by atoms with Crippen molar-refractivity contribution in [2.45, 2.75) is 88.5 Å². The van der Waals surface area contributed by atoms with Crippen molar-refractivity contribution in [3.8, 4) is 0 Å². The van der Waals surface area contributed by atoms with Gasteiger partial charge in [-0.15, -0.1) is 0 Å². The quantitative estimate of drug-likeness (QED) is 0.399. The maximum absolute atomic E-state index is 12.2. The van der Waals surface area contributed by atoms with Crippen LogP contribution in [0.1, 0.15) is 77.6 Å². The maximum Gasteiger partial charge on any atom is 0.236 e. The van der Waals surface area contributed by atoms with E-state index in [1.54, 1.807) is 24.3 Å². The zero-order chi connectivity index (χ0) is 20.7. The van der Waals surface area contributed by atoms with E-state index in [-0.39, 0.29) is 11.7 Å². The largest absolute Gasteiger partial charge is 0.355 e. The maximum atomic E-state index is 12.2. The van der Waals surface area contributed by atoms with Crippen molar-refractivity contribution >= 4 is 15.7 Å². The van der Waals surface area contributed by atoms with Gasteiger partial charge in [0.15, 0.2) is 9.84 Å². The predicted octanol–water partition coefficient (Wildman–Crippen LogP) is 4.21. The Morgan fingerprint density at radius 3 is 2.25 bits per heavy atom. The van der Waals surface area contributed by atoms with Gasteiger partial charge in [0.1, 0.15) is 0 Å². The van der Waals surface area contributed by atoms with Gasteiger partial charge in [-0.05, 0) is 31.4 Å². The van der Waals surface area contributed by atoms with Gasteiger partial charge in [-0.25, -0.2) is 8.42 Å². The summed E-state index contributed by atoms with van der Waals surface area (Å²) in [4.78, 5) is 12.4. The molecule has 0 aromatic heterocycles. The van der Waals surface area contributed by atoms with Crippen molar-refractivity contribution in [3.63, 3.8) is 0 Å². The minimum absolute atomic E-state index is 0.0692. The molecule has 0 aliphatic heterocycles. The highest BCUT2D eigenvalue weighted by Crippen LogP contribution is 2.13. The van der Waals surface area contributed by atoms with Crippen molar-refractivity contribution in [2.75, 3.05) is 12.3 Å². The molecule has 0 saturated heterocycles. The minimum Gasteiger partial charge on any atom is -0.355 e. The van der Waals surface area contributed by atoms with Gasteiger partial charge >= 0.3 is 0 Å². The van der Waals surface area contributed by atoms with Crippen LogP contribution in [-0.2, 0) is 14.6 Å². The number of unbranched alkanes of at least 4 members (excludes halogenated alkanes) is 8. The molecule has 1 atom stereocenters. The SMILES string of the molecule is CCCCCCCCC(N)C(=O)NCCCCCCS(=O)(=O)c1ccccc1. The average Bonchev–Trinajstić information content (AvgIpc) is 2.70. The van der Waals surface area contributed by atoms with E-state index in [1.165, 1.54) is 25.7 Å². The molecule has 5 nitrogen and oxygen atoms in total. The van der Waals surface area contributed by atoms with Crippen molar-refractivity contribution in [1.29, 1.82) is 0 Å². The zero-order valence-corrected chi connectivity index (χ0v) is 18.2. The number of benzene rings is 1. The summed E-state index contributed by atoms with van der Waals surface area (Å²) in [6.45, 7) is 2.81. The summed E-state index contributed by atoms with van der Waals surface area (Å²) in [5.74, 6) is 0.104. The normalized spacial score (nSPS) is 12.6. The lowest BCUT2D eigenvalue weighted by Gasteiger charge is -2.12. The molecular weight excluding hydrogens is 372 g/mol. The molecule has 160 valence electrons. The first-order chi connectivity index (χ1) is 13.5. The van der Waals surface area contributed by atoms with Crippen molar-refractivity contribution < 1.29 is 13.2 Å². The third-order valence-electron chi connectivity index (χ3n) is 4.95. The smallest absolute Gasteiger partial charge is 0.236 e. The third-order valence-corrected chi connectivity index (χ3v) is 6.76. The molecule has 1 amide bonds. The summed E-state index contributed by atoms with van der Waals surface area (Å²) < 4.78 is 24.3. The first-order valence-electron chi connectivity index (χ1n) is 10.8. The molecular formula is C22H38N2O3S. The van der Waals surface area contributed by atoms with Crippen molar-refractivity contribution in [1.82, 2.24) is 5.32 Å². The Hall–Kier alpha value is -1.40. The van der Waals surface area contributed by atoms with Gasteiger partial charge in [0.05, 0.1) is 16.7 Å². The second-order valence-electron chi connectivity index (χ2n) is 7.50. The van der Waals surface area contributed by atoms with E-state index in [1.807, 2.05) is 6.07 Å². The first-order valence-corrected chi connectivity index (χ1v) is 12.4. The van der Waals surface area contributed by atoms with Gasteiger partial charge < -0.3 is 11.1 Å². The highest BCUT2D eigenvalue weighted by atomic mass is 32.2. The summed E-state index contributed by atoms with van der Waals surface area (Å²) >= 11 is 0. The van der Waals surface area contributed by atoms with Gasteiger partial charge in [0, 0.05) is 6.54 Å². The van der Waals surface area contributed by atoms with E-state index in [4.69, 9.17) is 5.73 Å². The van der Waals surface area contributed by atoms with Crippen LogP contribution in [0.2, 0.25) is 0 Å². The number of carbonyl (C=O) groups is 1. The highest BCUT2D eigenvalue weighted by molar-refractivity contribution is 7.91. The van der Waals surface area contributed by atoms with Crippen LogP contribution < -0.4 is 11.1 Å². The molecule has 1 aromatic rings. The number of hydrogen-bond acceptors (Lipinski definition) is 4. The summed E-state index contributed by atoms with van der Waals surface area (Å²) in [7, 11) is -3.18. The van der Waals surface area contributed by atoms with Crippen LogP contribution in [0.5, 0.6) is 0 Å². The van der Waals surface area contributed by atoms with E-state index >= 15 is 0 Å². The number of nitrogens with one attached hydrogen (secondary N) is 1. The second kappa shape index (κ2) is 14.6. The standard InChI is InChI=1S/C22H38N2O3S/c1-2-3-4-5-6-12-17-21(23)22(25)24-18-13-7-8-14-19-28(26,27)20-15-10-9-11-16-20/h9-11,15-16,21H,2-8,12-14,17-19,23H2,1H3,(H,24,25). The number of rotatable bonds is 16. The number of carbonyl (C=O) groups excluding carboxylic acids is 1. The molecule has 0 bridgehead atoms. The Morgan fingerprint density at radius 2 is 1.54 bits per heavy atom. The van der Waals surface area contributed by atoms with E-state index in [2.05, 4.69) is 12.2 Å². The number of amides is 1. The molecule has 6 heteroatoms. The van der Waals surface area contributed by atoms with Crippen LogP contribution in [0.15, 0.2) is 35.2 Å². The number of sulfone groups is 1. The Labute approximate surface area is 171 Å². The van der Waals surface area contributed by atoms with Gasteiger partial charge in [-0.3, -0.25) is 4.79 Å². The van der Waals surface area contributed by atoms with Gasteiger partial charge in [-0.2, -0.15) is 0 Å². The molecule has 0 radical (unpaired) electrons. The first kappa shape index (κ1) is 24.6. The van der Waals surface area contributed by atoms with Crippen molar-refractivity contribution in [2.24, 2.45) is 5.73 Å². The molecule has 0 heterocycles. The molecule has 3 N–H and O–H groups in total. The van der Waals surface area contributed by atoms with Gasteiger partial charge in [0.25, 0.3) is 0 Å². The molecule has 0 fully saturated rings. The minimum atomic E-state index is -3.18. The Balaban J connectivity index is 2.03. The average molecular weight is 411 g/mol. The fraction of sp³-hybridized carbons (Fsp3) is 0.682. The number of nitrogens with two attached hydrogens (primary N) is 1. The van der Waals surface area contributed by atoms with Crippen LogP contribution in [0.25, 0.3) is 0 Å². The topological polar surface area (TPSA) is 89.3 Å². The second-order valence-corrected chi connectivity index (χ2v) is 9.61. The van der Waals surface area contributed by atoms with E-state index in [0.717, 1.165) is 38.5 Å². The Bertz CT molecular complexity index is 632. The zero-order valence-electron chi connectivity index (χ0n) is 17.4. The van der Waals surface area contributed by atoms with Crippen LogP contribution in [-0.4, -0.2) is 32.7 Å². The van der Waals surface area contributed by atoms with Gasteiger partial charge in [0.2, 0.25) is 5.91 Å². The molecule has 1 unspecified atom stereocenters. The third kappa shape index (κ3) is 10.8. The monoisotopic (exact) mass is 410 g/mol. The van der Waals surface area contributed by atoms with Gasteiger partial charge in [-0.1, -0.05) is 76.5 Å². The lowest BCUT2D eigenvalue weighted by Crippen LogP contribution is -2.40. The lowest BCUT2D eigenvalue weighted by atomic mass is 10.1. The fourth-order valence-electron chi connectivity index (χ4n) is 3.13. The highest BCUT2D eigenvalue weighted by Gasteiger charge is 2.13. The summed E-state index contributed by atoms with van der Waals surface area (Å²) in [5.41, 5.74) is 5.94. The van der Waals surface area contributed by atoms with Crippen LogP contribution in [0, 0.1) is 0 Å². The Morgan fingerprint density at radius 1 is 0.929 bits per heavy atom. The summed E-state index contributed by atoms with van der Waals surface area (Å²) in [6.07, 6.45) is 11.1. The summed E-state index contributed by atoms with van der Waals surface area (Å²) in [5, 5.41) is 2.89. The molecule has 0 saturated carbocycles. The van der Waals surface area contributed by atoms with Crippen molar-refractivity contribution in [3.05, 3.63) is 30.3 Å². The molecule has 0 spiro atoms. The Kier molecular flexibility index (Phi) is 12.8. The van der Waals surface area contributed by atoms with E-state index in [0.29, 0.717) is 17.9 Å². The molecule has 1 aromatic carbocycles. The van der Waals surface area contributed by atoms with Crippen LogP contribution in [0.3, 0.4) is 0 Å². The van der Waals surface area contributed by atoms with E-state index < -0.39 is 15.9 Å². The number of hydrogen-bond donors (Lipinski definition) is 2. The van der Waals surface area contributed by atoms with Crippen LogP contribution >= 0.6 is 0 Å². The molecule has 0 aliphatic carbocycles.